The fourth-order valence-electron chi connectivity index (χ4n) is 3.34. The summed E-state index contributed by atoms with van der Waals surface area (Å²) in [7, 11) is 0. The van der Waals surface area contributed by atoms with Gasteiger partial charge in [-0.1, -0.05) is 35.9 Å². The molecule has 2 aromatic carbocycles. The molecule has 1 amide bonds. The Hall–Kier alpha value is -2.92. The topological polar surface area (TPSA) is 80.9 Å². The van der Waals surface area contributed by atoms with Crippen LogP contribution in [0.15, 0.2) is 48.5 Å². The number of hydrogen-bond donors (Lipinski definition) is 2. The molecule has 0 unspecified atom stereocenters. The van der Waals surface area contributed by atoms with Gasteiger partial charge in [0.2, 0.25) is 5.91 Å². The van der Waals surface area contributed by atoms with E-state index < -0.39 is 0 Å². The highest BCUT2D eigenvalue weighted by Gasteiger charge is 2.20. The Morgan fingerprint density at radius 1 is 1.11 bits per heavy atom. The van der Waals surface area contributed by atoms with Crippen LogP contribution >= 0.6 is 11.6 Å². The number of carbonyl (C=O) groups excluding carboxylic acids is 1. The molecule has 0 saturated carbocycles. The first-order valence-corrected chi connectivity index (χ1v) is 9.26. The predicted octanol–water partition coefficient (Wildman–Crippen LogP) is 4.06. The summed E-state index contributed by atoms with van der Waals surface area (Å²) in [4.78, 5) is 20.6. The predicted molar refractivity (Wildman–Crippen MR) is 107 cm³/mol. The SMILES string of the molecule is NC(=O)Cc1ccc(Nc2nc(-c3cccc(Cl)c3)nc3c2CCC3)cc1. The number of nitrogens with two attached hydrogens (primary N) is 1. The third-order valence-electron chi connectivity index (χ3n) is 4.61. The van der Waals surface area contributed by atoms with Crippen molar-refractivity contribution in [3.63, 3.8) is 0 Å². The number of amides is 1. The maximum atomic E-state index is 11.0. The summed E-state index contributed by atoms with van der Waals surface area (Å²) < 4.78 is 0. The van der Waals surface area contributed by atoms with Crippen molar-refractivity contribution >= 4 is 29.0 Å². The van der Waals surface area contributed by atoms with Gasteiger partial charge in [-0.2, -0.15) is 0 Å². The highest BCUT2D eigenvalue weighted by molar-refractivity contribution is 6.30. The average Bonchev–Trinajstić information content (AvgIpc) is 3.12. The van der Waals surface area contributed by atoms with E-state index >= 15 is 0 Å². The van der Waals surface area contributed by atoms with Gasteiger partial charge >= 0.3 is 0 Å². The lowest BCUT2D eigenvalue weighted by Gasteiger charge is -2.13. The standard InChI is InChI=1S/C21H19ClN4O/c22-15-4-1-3-14(12-15)20-25-18-6-2-5-17(18)21(26-20)24-16-9-7-13(8-10-16)11-19(23)27/h1,3-4,7-10,12H,2,5-6,11H2,(H2,23,27)(H,24,25,26). The Balaban J connectivity index is 1.67. The van der Waals surface area contributed by atoms with Gasteiger partial charge < -0.3 is 11.1 Å². The number of primary amides is 1. The first-order valence-electron chi connectivity index (χ1n) is 8.88. The zero-order valence-electron chi connectivity index (χ0n) is 14.7. The van der Waals surface area contributed by atoms with Crippen molar-refractivity contribution in [3.8, 4) is 11.4 Å². The molecule has 6 heteroatoms. The maximum absolute atomic E-state index is 11.0. The van der Waals surface area contributed by atoms with Crippen LogP contribution in [-0.4, -0.2) is 15.9 Å². The number of aromatic nitrogens is 2. The summed E-state index contributed by atoms with van der Waals surface area (Å²) in [6, 6.07) is 15.2. The first-order chi connectivity index (χ1) is 13.1. The zero-order valence-corrected chi connectivity index (χ0v) is 15.5. The largest absolute Gasteiger partial charge is 0.369 e. The second kappa shape index (κ2) is 7.37. The molecule has 1 heterocycles. The monoisotopic (exact) mass is 378 g/mol. The van der Waals surface area contributed by atoms with Crippen LogP contribution in [-0.2, 0) is 24.1 Å². The number of carbonyl (C=O) groups is 1. The van der Waals surface area contributed by atoms with Crippen LogP contribution in [0.4, 0.5) is 11.5 Å². The lowest BCUT2D eigenvalue weighted by atomic mass is 10.1. The zero-order chi connectivity index (χ0) is 18.8. The Bertz CT molecular complexity index is 1000. The number of hydrogen-bond acceptors (Lipinski definition) is 4. The molecule has 3 N–H and O–H groups in total. The van der Waals surface area contributed by atoms with E-state index in [1.807, 2.05) is 48.5 Å². The molecule has 136 valence electrons. The number of halogens is 1. The van der Waals surface area contributed by atoms with E-state index in [0.29, 0.717) is 10.8 Å². The molecule has 27 heavy (non-hydrogen) atoms. The van der Waals surface area contributed by atoms with E-state index in [0.717, 1.165) is 47.6 Å². The number of rotatable bonds is 5. The number of nitrogens with zero attached hydrogens (tertiary/aromatic N) is 2. The summed E-state index contributed by atoms with van der Waals surface area (Å²) in [5.74, 6) is 1.16. The van der Waals surface area contributed by atoms with E-state index in [9.17, 15) is 4.79 Å². The Kier molecular flexibility index (Phi) is 4.77. The molecule has 0 radical (unpaired) electrons. The number of anilines is 2. The van der Waals surface area contributed by atoms with Crippen LogP contribution in [0.2, 0.25) is 5.02 Å². The minimum absolute atomic E-state index is 0.238. The molecule has 1 aromatic heterocycles. The van der Waals surface area contributed by atoms with Gasteiger partial charge in [0.05, 0.1) is 6.42 Å². The van der Waals surface area contributed by atoms with Crippen molar-refractivity contribution in [2.75, 3.05) is 5.32 Å². The van der Waals surface area contributed by atoms with Crippen LogP contribution in [0.25, 0.3) is 11.4 Å². The molecule has 0 atom stereocenters. The highest BCUT2D eigenvalue weighted by Crippen LogP contribution is 2.31. The molecule has 0 fully saturated rings. The highest BCUT2D eigenvalue weighted by atomic mass is 35.5. The number of fused-ring (bicyclic) bond motifs is 1. The summed E-state index contributed by atoms with van der Waals surface area (Å²) >= 11 is 6.13. The molecule has 5 nitrogen and oxygen atoms in total. The van der Waals surface area contributed by atoms with Crippen LogP contribution < -0.4 is 11.1 Å². The molecule has 3 aromatic rings. The van der Waals surface area contributed by atoms with Crippen molar-refractivity contribution in [2.24, 2.45) is 5.73 Å². The van der Waals surface area contributed by atoms with Crippen molar-refractivity contribution < 1.29 is 4.79 Å². The normalized spacial score (nSPS) is 12.6. The Labute approximate surface area is 162 Å². The van der Waals surface area contributed by atoms with E-state index in [1.165, 1.54) is 5.56 Å². The minimum Gasteiger partial charge on any atom is -0.369 e. The quantitative estimate of drug-likeness (QED) is 0.701. The first kappa shape index (κ1) is 17.5. The summed E-state index contributed by atoms with van der Waals surface area (Å²) in [5, 5.41) is 4.07. The molecular weight excluding hydrogens is 360 g/mol. The van der Waals surface area contributed by atoms with Gasteiger partial charge in [-0.05, 0) is 49.1 Å². The minimum atomic E-state index is -0.338. The van der Waals surface area contributed by atoms with Gasteiger partial charge in [0.15, 0.2) is 5.82 Å². The van der Waals surface area contributed by atoms with Crippen molar-refractivity contribution in [1.29, 1.82) is 0 Å². The molecule has 0 saturated heterocycles. The van der Waals surface area contributed by atoms with Crippen molar-refractivity contribution in [3.05, 3.63) is 70.4 Å². The Morgan fingerprint density at radius 3 is 2.67 bits per heavy atom. The molecule has 0 bridgehead atoms. The molecule has 1 aliphatic carbocycles. The molecule has 0 spiro atoms. The van der Waals surface area contributed by atoms with Gasteiger partial charge in [0.1, 0.15) is 5.82 Å². The van der Waals surface area contributed by atoms with E-state index in [2.05, 4.69) is 5.32 Å². The number of nitrogens with one attached hydrogen (secondary N) is 1. The fraction of sp³-hybridized carbons (Fsp3) is 0.190. The summed E-state index contributed by atoms with van der Waals surface area (Å²) in [6.45, 7) is 0. The second-order valence-electron chi connectivity index (χ2n) is 6.65. The van der Waals surface area contributed by atoms with Gasteiger partial charge in [-0.3, -0.25) is 4.79 Å². The van der Waals surface area contributed by atoms with Gasteiger partial charge in [-0.25, -0.2) is 9.97 Å². The second-order valence-corrected chi connectivity index (χ2v) is 7.09. The van der Waals surface area contributed by atoms with Gasteiger partial charge in [0, 0.05) is 27.5 Å². The van der Waals surface area contributed by atoms with Crippen molar-refractivity contribution in [1.82, 2.24) is 9.97 Å². The summed E-state index contributed by atoms with van der Waals surface area (Å²) in [6.07, 6.45) is 3.24. The van der Waals surface area contributed by atoms with E-state index in [-0.39, 0.29) is 12.3 Å². The van der Waals surface area contributed by atoms with E-state index in [4.69, 9.17) is 27.3 Å². The lowest BCUT2D eigenvalue weighted by molar-refractivity contribution is -0.117. The molecule has 4 rings (SSSR count). The Morgan fingerprint density at radius 2 is 1.93 bits per heavy atom. The lowest BCUT2D eigenvalue weighted by Crippen LogP contribution is -2.13. The summed E-state index contributed by atoms with van der Waals surface area (Å²) in [5.41, 5.74) is 10.2. The van der Waals surface area contributed by atoms with E-state index in [1.54, 1.807) is 0 Å². The van der Waals surface area contributed by atoms with Gasteiger partial charge in [0.25, 0.3) is 0 Å². The van der Waals surface area contributed by atoms with Gasteiger partial charge in [-0.15, -0.1) is 0 Å². The third kappa shape index (κ3) is 3.93. The smallest absolute Gasteiger partial charge is 0.221 e. The molecule has 1 aliphatic rings. The number of benzene rings is 2. The van der Waals surface area contributed by atoms with Crippen LogP contribution in [0, 0.1) is 0 Å². The molecular formula is C21H19ClN4O. The maximum Gasteiger partial charge on any atom is 0.221 e. The molecule has 0 aliphatic heterocycles. The average molecular weight is 379 g/mol. The van der Waals surface area contributed by atoms with Crippen LogP contribution in [0.1, 0.15) is 23.2 Å². The van der Waals surface area contributed by atoms with Crippen molar-refractivity contribution in [2.45, 2.75) is 25.7 Å². The third-order valence-corrected chi connectivity index (χ3v) is 4.85. The van der Waals surface area contributed by atoms with Crippen LogP contribution in [0.5, 0.6) is 0 Å². The fourth-order valence-corrected chi connectivity index (χ4v) is 3.53. The van der Waals surface area contributed by atoms with Crippen LogP contribution in [0.3, 0.4) is 0 Å². The number of aryl methyl sites for hydroxylation is 1.